The lowest BCUT2D eigenvalue weighted by Crippen LogP contribution is -2.09. The summed E-state index contributed by atoms with van der Waals surface area (Å²) in [7, 11) is 0. The Morgan fingerprint density at radius 3 is 2.77 bits per heavy atom. The Balaban J connectivity index is 1.59. The van der Waals surface area contributed by atoms with Gasteiger partial charge in [-0.15, -0.1) is 0 Å². The number of hydrogen-bond donors (Lipinski definition) is 0. The number of hydrogen-bond acceptors (Lipinski definition) is 6. The number of aromatic nitrogens is 1. The first kappa shape index (κ1) is 19.7. The predicted molar refractivity (Wildman–Crippen MR) is 112 cm³/mol. The van der Waals surface area contributed by atoms with Gasteiger partial charge in [0.1, 0.15) is 29.3 Å². The topological polar surface area (TPSA) is 78.6 Å². The minimum atomic E-state index is -0.589. The van der Waals surface area contributed by atoms with Crippen molar-refractivity contribution in [1.82, 2.24) is 4.98 Å². The van der Waals surface area contributed by atoms with Crippen LogP contribution in [0.1, 0.15) is 21.5 Å². The molecule has 0 N–H and O–H groups in total. The summed E-state index contributed by atoms with van der Waals surface area (Å²) in [5, 5.41) is 1.14. The van der Waals surface area contributed by atoms with Crippen molar-refractivity contribution in [3.8, 4) is 11.5 Å². The summed E-state index contributed by atoms with van der Waals surface area (Å²) in [5.74, 6) is 0.245. The van der Waals surface area contributed by atoms with Gasteiger partial charge in [-0.1, -0.05) is 23.7 Å². The van der Waals surface area contributed by atoms with E-state index in [4.69, 9.17) is 25.5 Å². The molecule has 6 nitrogen and oxygen atoms in total. The van der Waals surface area contributed by atoms with Gasteiger partial charge in [0, 0.05) is 28.2 Å². The number of esters is 1. The molecule has 0 amide bonds. The average molecular weight is 422 g/mol. The normalized spacial score (nSPS) is 10.7. The maximum Gasteiger partial charge on any atom is 0.342 e. The van der Waals surface area contributed by atoms with Gasteiger partial charge in [-0.25, -0.2) is 9.59 Å². The number of halogens is 1. The highest BCUT2D eigenvalue weighted by Gasteiger charge is 2.16. The zero-order valence-corrected chi connectivity index (χ0v) is 16.7. The Hall–Kier alpha value is -3.64. The van der Waals surface area contributed by atoms with Crippen LogP contribution >= 0.6 is 11.6 Å². The van der Waals surface area contributed by atoms with Gasteiger partial charge in [0.05, 0.1) is 6.20 Å². The molecule has 30 heavy (non-hydrogen) atoms. The summed E-state index contributed by atoms with van der Waals surface area (Å²) >= 11 is 6.21. The molecule has 0 spiro atoms. The summed E-state index contributed by atoms with van der Waals surface area (Å²) in [4.78, 5) is 28.6. The molecule has 0 fully saturated rings. The number of para-hydroxylation sites is 1. The molecule has 0 saturated heterocycles. The van der Waals surface area contributed by atoms with Crippen LogP contribution in [-0.2, 0) is 11.3 Å². The number of carbonyl (C=O) groups excluding carboxylic acids is 1. The first-order valence-corrected chi connectivity index (χ1v) is 9.46. The molecule has 2 heterocycles. The quantitative estimate of drug-likeness (QED) is 0.321. The van der Waals surface area contributed by atoms with Crippen LogP contribution in [0, 0.1) is 6.92 Å². The molecule has 0 aliphatic carbocycles. The van der Waals surface area contributed by atoms with E-state index in [9.17, 15) is 9.59 Å². The van der Waals surface area contributed by atoms with E-state index in [0.717, 1.165) is 5.56 Å². The molecule has 4 rings (SSSR count). The van der Waals surface area contributed by atoms with E-state index >= 15 is 0 Å². The Bertz CT molecular complexity index is 1280. The smallest absolute Gasteiger partial charge is 0.342 e. The van der Waals surface area contributed by atoms with Gasteiger partial charge in [0.25, 0.3) is 0 Å². The fourth-order valence-corrected chi connectivity index (χ4v) is 3.11. The first-order chi connectivity index (χ1) is 14.5. The van der Waals surface area contributed by atoms with Gasteiger partial charge in [-0.05, 0) is 48.9 Å². The van der Waals surface area contributed by atoms with Crippen LogP contribution in [0.2, 0.25) is 5.02 Å². The lowest BCUT2D eigenvalue weighted by molar-refractivity contribution is 0.0471. The fourth-order valence-electron chi connectivity index (χ4n) is 2.95. The van der Waals surface area contributed by atoms with E-state index in [1.165, 1.54) is 6.07 Å². The number of fused-ring (bicyclic) bond motifs is 1. The van der Waals surface area contributed by atoms with Crippen LogP contribution in [-0.4, -0.2) is 11.0 Å². The Morgan fingerprint density at radius 1 is 1.13 bits per heavy atom. The molecule has 2 aromatic heterocycles. The lowest BCUT2D eigenvalue weighted by Gasteiger charge is -2.11. The number of aryl methyl sites for hydroxylation is 1. The lowest BCUT2D eigenvalue weighted by atomic mass is 10.1. The maximum atomic E-state index is 12.7. The number of carbonyl (C=O) groups is 1. The van der Waals surface area contributed by atoms with Gasteiger partial charge in [0.15, 0.2) is 0 Å². The van der Waals surface area contributed by atoms with E-state index in [-0.39, 0.29) is 12.2 Å². The molecule has 0 atom stereocenters. The molecular weight excluding hydrogens is 406 g/mol. The van der Waals surface area contributed by atoms with Crippen LogP contribution in [0.25, 0.3) is 11.0 Å². The summed E-state index contributed by atoms with van der Waals surface area (Å²) < 4.78 is 16.5. The SMILES string of the molecule is Cc1cc2oc(=O)cc(COC(=O)c3ccccc3Oc3cccnc3)c2cc1Cl. The zero-order valence-electron chi connectivity index (χ0n) is 15.9. The highest BCUT2D eigenvalue weighted by atomic mass is 35.5. The monoisotopic (exact) mass is 421 g/mol. The number of ether oxygens (including phenoxy) is 2. The average Bonchev–Trinajstić information content (AvgIpc) is 2.74. The second-order valence-corrected chi connectivity index (χ2v) is 6.96. The number of pyridine rings is 1. The molecule has 2 aromatic carbocycles. The third kappa shape index (κ3) is 4.18. The van der Waals surface area contributed by atoms with Crippen LogP contribution in [0.4, 0.5) is 0 Å². The third-order valence-corrected chi connectivity index (χ3v) is 4.84. The summed E-state index contributed by atoms with van der Waals surface area (Å²) in [5.41, 5.74) is 1.39. The van der Waals surface area contributed by atoms with Crippen molar-refractivity contribution >= 4 is 28.5 Å². The van der Waals surface area contributed by atoms with E-state index in [2.05, 4.69) is 4.98 Å². The Labute approximate surface area is 176 Å². The molecule has 0 saturated carbocycles. The van der Waals surface area contributed by atoms with Crippen molar-refractivity contribution in [3.05, 3.63) is 99.1 Å². The van der Waals surface area contributed by atoms with Crippen molar-refractivity contribution < 1.29 is 18.7 Å². The van der Waals surface area contributed by atoms with Crippen molar-refractivity contribution in [2.45, 2.75) is 13.5 Å². The van der Waals surface area contributed by atoms with E-state index < -0.39 is 11.6 Å². The number of nitrogens with zero attached hydrogens (tertiary/aromatic N) is 1. The van der Waals surface area contributed by atoms with Gasteiger partial charge in [-0.2, -0.15) is 0 Å². The van der Waals surface area contributed by atoms with Crippen molar-refractivity contribution in [2.75, 3.05) is 0 Å². The minimum absolute atomic E-state index is 0.123. The van der Waals surface area contributed by atoms with Gasteiger partial charge in [0.2, 0.25) is 0 Å². The largest absolute Gasteiger partial charge is 0.457 e. The molecule has 0 bridgehead atoms. The van der Waals surface area contributed by atoms with Crippen LogP contribution in [0.15, 0.2) is 76.2 Å². The molecule has 0 radical (unpaired) electrons. The fraction of sp³-hybridized carbons (Fsp3) is 0.0870. The summed E-state index contributed by atoms with van der Waals surface area (Å²) in [6.07, 6.45) is 3.17. The summed E-state index contributed by atoms with van der Waals surface area (Å²) in [6.45, 7) is 1.69. The van der Waals surface area contributed by atoms with Crippen molar-refractivity contribution in [1.29, 1.82) is 0 Å². The molecule has 0 unspecified atom stereocenters. The van der Waals surface area contributed by atoms with E-state index in [0.29, 0.717) is 33.1 Å². The standard InChI is InChI=1S/C23H16ClNO5/c1-14-9-21-18(11-19(14)24)15(10-22(26)30-21)13-28-23(27)17-6-2-3-7-20(17)29-16-5-4-8-25-12-16/h2-12H,13H2,1H3. The molecule has 4 aromatic rings. The molecule has 0 aliphatic heterocycles. The van der Waals surface area contributed by atoms with Crippen molar-refractivity contribution in [3.63, 3.8) is 0 Å². The van der Waals surface area contributed by atoms with E-state index in [1.54, 1.807) is 60.9 Å². The molecule has 7 heteroatoms. The first-order valence-electron chi connectivity index (χ1n) is 9.08. The molecule has 0 aliphatic rings. The minimum Gasteiger partial charge on any atom is -0.457 e. The maximum absolute atomic E-state index is 12.7. The van der Waals surface area contributed by atoms with E-state index in [1.807, 2.05) is 6.92 Å². The number of benzene rings is 2. The third-order valence-electron chi connectivity index (χ3n) is 4.44. The van der Waals surface area contributed by atoms with Gasteiger partial charge < -0.3 is 13.9 Å². The van der Waals surface area contributed by atoms with Crippen molar-refractivity contribution in [2.24, 2.45) is 0 Å². The number of rotatable bonds is 5. The van der Waals surface area contributed by atoms with Crippen LogP contribution in [0.5, 0.6) is 11.5 Å². The van der Waals surface area contributed by atoms with Gasteiger partial charge in [-0.3, -0.25) is 4.98 Å². The Kier molecular flexibility index (Phi) is 5.50. The second-order valence-electron chi connectivity index (χ2n) is 6.55. The Morgan fingerprint density at radius 2 is 1.97 bits per heavy atom. The van der Waals surface area contributed by atoms with Crippen LogP contribution in [0.3, 0.4) is 0 Å². The highest BCUT2D eigenvalue weighted by molar-refractivity contribution is 6.32. The molecule has 150 valence electrons. The zero-order chi connectivity index (χ0) is 21.1. The summed E-state index contributed by atoms with van der Waals surface area (Å²) in [6, 6.07) is 14.9. The predicted octanol–water partition coefficient (Wildman–Crippen LogP) is 5.30. The highest BCUT2D eigenvalue weighted by Crippen LogP contribution is 2.27. The molecular formula is C23H16ClNO5. The van der Waals surface area contributed by atoms with Gasteiger partial charge >= 0.3 is 11.6 Å². The second kappa shape index (κ2) is 8.39. The van der Waals surface area contributed by atoms with Crippen LogP contribution < -0.4 is 10.4 Å².